The molecule has 2 rings (SSSR count). The van der Waals surface area contributed by atoms with E-state index in [-0.39, 0.29) is 0 Å². The first kappa shape index (κ1) is 12.3. The van der Waals surface area contributed by atoms with Crippen molar-refractivity contribution < 1.29 is 4.74 Å². The van der Waals surface area contributed by atoms with Crippen molar-refractivity contribution in [3.05, 3.63) is 24.0 Å². The second kappa shape index (κ2) is 5.98. The number of nitrogens with one attached hydrogen (secondary N) is 1. The highest BCUT2D eigenvalue weighted by Gasteiger charge is 2.18. The molecular formula is C13H21N3O. The average Bonchev–Trinajstić information content (AvgIpc) is 2.38. The minimum atomic E-state index is 0.405. The number of nitrogens with zero attached hydrogens (tertiary/aromatic N) is 1. The molecule has 3 N–H and O–H groups in total. The first-order valence-corrected chi connectivity index (χ1v) is 6.31. The average molecular weight is 235 g/mol. The van der Waals surface area contributed by atoms with E-state index >= 15 is 0 Å². The molecule has 0 saturated heterocycles. The third kappa shape index (κ3) is 3.68. The zero-order valence-corrected chi connectivity index (χ0v) is 10.4. The van der Waals surface area contributed by atoms with Crippen LogP contribution in [0.3, 0.4) is 0 Å². The Kier molecular flexibility index (Phi) is 4.34. The molecule has 1 aliphatic carbocycles. The van der Waals surface area contributed by atoms with E-state index < -0.39 is 0 Å². The van der Waals surface area contributed by atoms with Crippen molar-refractivity contribution in [1.82, 2.24) is 4.98 Å². The van der Waals surface area contributed by atoms with Gasteiger partial charge in [-0.25, -0.2) is 0 Å². The Balaban J connectivity index is 1.81. The van der Waals surface area contributed by atoms with Gasteiger partial charge in [-0.15, -0.1) is 0 Å². The lowest BCUT2D eigenvalue weighted by molar-refractivity contribution is 0.00730. The second-order valence-corrected chi connectivity index (χ2v) is 4.87. The minimum Gasteiger partial charge on any atom is -0.372 e. The molecule has 1 aromatic heterocycles. The molecular weight excluding hydrogens is 214 g/mol. The first-order valence-electron chi connectivity index (χ1n) is 6.31. The lowest BCUT2D eigenvalue weighted by atomic mass is 9.89. The topological polar surface area (TPSA) is 60.2 Å². The number of nitrogen functional groups attached to an aromatic ring is 1. The summed E-state index contributed by atoms with van der Waals surface area (Å²) in [6.45, 7) is 2.89. The summed E-state index contributed by atoms with van der Waals surface area (Å²) in [6.07, 6.45) is 7.07. The van der Waals surface area contributed by atoms with E-state index in [9.17, 15) is 0 Å². The highest BCUT2D eigenvalue weighted by molar-refractivity contribution is 5.41. The molecule has 1 aliphatic rings. The fourth-order valence-corrected chi connectivity index (χ4v) is 2.25. The van der Waals surface area contributed by atoms with Crippen LogP contribution in [-0.4, -0.2) is 11.1 Å². The molecule has 0 spiro atoms. The van der Waals surface area contributed by atoms with Gasteiger partial charge in [-0.1, -0.05) is 6.92 Å². The van der Waals surface area contributed by atoms with Crippen LogP contribution in [0.4, 0.5) is 5.69 Å². The van der Waals surface area contributed by atoms with E-state index in [1.807, 2.05) is 12.1 Å². The van der Waals surface area contributed by atoms with Crippen LogP contribution in [-0.2, 0) is 11.3 Å². The lowest BCUT2D eigenvalue weighted by Crippen LogP contribution is -2.20. The van der Waals surface area contributed by atoms with E-state index in [2.05, 4.69) is 17.3 Å². The summed E-state index contributed by atoms with van der Waals surface area (Å²) in [5.41, 5.74) is 4.42. The van der Waals surface area contributed by atoms with E-state index in [1.54, 1.807) is 6.20 Å². The molecule has 0 amide bonds. The Morgan fingerprint density at radius 2 is 2.18 bits per heavy atom. The highest BCUT2D eigenvalue weighted by Crippen LogP contribution is 2.26. The van der Waals surface area contributed by atoms with Gasteiger partial charge in [0.1, 0.15) is 0 Å². The van der Waals surface area contributed by atoms with Crippen LogP contribution in [0, 0.1) is 5.92 Å². The molecule has 1 heterocycles. The van der Waals surface area contributed by atoms with Crippen molar-refractivity contribution in [3.8, 4) is 0 Å². The van der Waals surface area contributed by atoms with E-state index in [0.717, 1.165) is 17.3 Å². The van der Waals surface area contributed by atoms with Gasteiger partial charge in [0.25, 0.3) is 0 Å². The first-order chi connectivity index (χ1) is 8.28. The molecule has 94 valence electrons. The van der Waals surface area contributed by atoms with Crippen molar-refractivity contribution in [2.75, 3.05) is 5.43 Å². The van der Waals surface area contributed by atoms with Gasteiger partial charge in [0.15, 0.2) is 0 Å². The summed E-state index contributed by atoms with van der Waals surface area (Å²) in [5, 5.41) is 0. The Hall–Kier alpha value is -1.13. The van der Waals surface area contributed by atoms with Crippen molar-refractivity contribution in [1.29, 1.82) is 0 Å². The fraction of sp³-hybridized carbons (Fsp3) is 0.615. The minimum absolute atomic E-state index is 0.405. The van der Waals surface area contributed by atoms with Crippen LogP contribution in [0.15, 0.2) is 18.3 Å². The molecule has 0 unspecified atom stereocenters. The molecule has 0 aromatic carbocycles. The molecule has 4 nitrogen and oxygen atoms in total. The van der Waals surface area contributed by atoms with Gasteiger partial charge in [0, 0.05) is 6.20 Å². The third-order valence-corrected chi connectivity index (χ3v) is 3.41. The summed E-state index contributed by atoms with van der Waals surface area (Å²) in [4.78, 5) is 4.27. The number of hydrogen-bond acceptors (Lipinski definition) is 4. The number of nitrogens with two attached hydrogens (primary N) is 1. The van der Waals surface area contributed by atoms with Crippen molar-refractivity contribution >= 4 is 5.69 Å². The zero-order chi connectivity index (χ0) is 12.1. The third-order valence-electron chi connectivity index (χ3n) is 3.41. The number of hydrogen-bond donors (Lipinski definition) is 2. The van der Waals surface area contributed by atoms with Crippen molar-refractivity contribution in [2.24, 2.45) is 11.8 Å². The maximum absolute atomic E-state index is 5.89. The molecule has 4 heteroatoms. The summed E-state index contributed by atoms with van der Waals surface area (Å²) < 4.78 is 5.89. The molecule has 1 saturated carbocycles. The molecule has 0 aliphatic heterocycles. The molecule has 1 aromatic rings. The maximum Gasteiger partial charge on any atom is 0.0892 e. The van der Waals surface area contributed by atoms with E-state index in [0.29, 0.717) is 12.7 Å². The molecule has 0 atom stereocenters. The highest BCUT2D eigenvalue weighted by atomic mass is 16.5. The summed E-state index contributed by atoms with van der Waals surface area (Å²) in [7, 11) is 0. The lowest BCUT2D eigenvalue weighted by Gasteiger charge is -2.26. The zero-order valence-electron chi connectivity index (χ0n) is 10.4. The van der Waals surface area contributed by atoms with Crippen LogP contribution >= 0.6 is 0 Å². The van der Waals surface area contributed by atoms with Crippen LogP contribution < -0.4 is 11.3 Å². The van der Waals surface area contributed by atoms with Crippen LogP contribution in [0.25, 0.3) is 0 Å². The Labute approximate surface area is 103 Å². The smallest absolute Gasteiger partial charge is 0.0892 e. The SMILES string of the molecule is CC1CCC(OCc2cc(NN)ccn2)CC1. The monoisotopic (exact) mass is 235 g/mol. The summed E-state index contributed by atoms with van der Waals surface area (Å²) >= 11 is 0. The maximum atomic E-state index is 5.89. The quantitative estimate of drug-likeness (QED) is 0.621. The molecule has 1 fully saturated rings. The van der Waals surface area contributed by atoms with Gasteiger partial charge in [-0.2, -0.15) is 0 Å². The van der Waals surface area contributed by atoms with Gasteiger partial charge in [0.2, 0.25) is 0 Å². The molecule has 0 radical (unpaired) electrons. The second-order valence-electron chi connectivity index (χ2n) is 4.87. The molecule has 17 heavy (non-hydrogen) atoms. The Morgan fingerprint density at radius 3 is 2.88 bits per heavy atom. The van der Waals surface area contributed by atoms with Crippen LogP contribution in [0.2, 0.25) is 0 Å². The van der Waals surface area contributed by atoms with Crippen LogP contribution in [0.5, 0.6) is 0 Å². The molecule has 0 bridgehead atoms. The van der Waals surface area contributed by atoms with E-state index in [4.69, 9.17) is 10.6 Å². The Bertz CT molecular complexity index is 348. The fourth-order valence-electron chi connectivity index (χ4n) is 2.25. The largest absolute Gasteiger partial charge is 0.372 e. The van der Waals surface area contributed by atoms with Gasteiger partial charge >= 0.3 is 0 Å². The van der Waals surface area contributed by atoms with E-state index in [1.165, 1.54) is 25.7 Å². The predicted octanol–water partition coefficient (Wildman–Crippen LogP) is 2.46. The van der Waals surface area contributed by atoms with Gasteiger partial charge in [-0.05, 0) is 43.7 Å². The number of aromatic nitrogens is 1. The van der Waals surface area contributed by atoms with Crippen LogP contribution in [0.1, 0.15) is 38.3 Å². The number of rotatable bonds is 4. The summed E-state index contributed by atoms with van der Waals surface area (Å²) in [6, 6.07) is 3.76. The van der Waals surface area contributed by atoms with Crippen molar-refractivity contribution in [2.45, 2.75) is 45.3 Å². The van der Waals surface area contributed by atoms with Crippen molar-refractivity contribution in [3.63, 3.8) is 0 Å². The summed E-state index contributed by atoms with van der Waals surface area (Å²) in [5.74, 6) is 6.21. The van der Waals surface area contributed by atoms with Gasteiger partial charge in [0.05, 0.1) is 24.1 Å². The van der Waals surface area contributed by atoms with Gasteiger partial charge < -0.3 is 10.2 Å². The number of anilines is 1. The van der Waals surface area contributed by atoms with Gasteiger partial charge in [-0.3, -0.25) is 10.8 Å². The normalized spacial score (nSPS) is 24.6. The predicted molar refractivity (Wildman–Crippen MR) is 68.3 cm³/mol. The standard InChI is InChI=1S/C13H21N3O/c1-10-2-4-13(5-3-10)17-9-12-8-11(16-14)6-7-15-12/h6-8,10,13H,2-5,9,14H2,1H3,(H,15,16). The number of pyridine rings is 1. The number of ether oxygens (including phenoxy) is 1. The number of hydrazine groups is 1. The Morgan fingerprint density at radius 1 is 1.41 bits per heavy atom.